The number of nitrogens with one attached hydrogen (secondary N) is 1. The van der Waals surface area contributed by atoms with Crippen molar-refractivity contribution in [2.45, 2.75) is 45.9 Å². The van der Waals surface area contributed by atoms with Crippen LogP contribution in [0.1, 0.15) is 38.5 Å². The van der Waals surface area contributed by atoms with Gasteiger partial charge in [0, 0.05) is 24.9 Å². The van der Waals surface area contributed by atoms with E-state index >= 15 is 0 Å². The van der Waals surface area contributed by atoms with Gasteiger partial charge in [-0.15, -0.1) is 0 Å². The molecule has 5 heteroatoms. The quantitative estimate of drug-likeness (QED) is 0.760. The SMILES string of the molecule is CC(C)(C)n1cc(CNCCCOCc2ccco2)cn1. The summed E-state index contributed by atoms with van der Waals surface area (Å²) in [7, 11) is 0. The lowest BCUT2D eigenvalue weighted by Gasteiger charge is -2.18. The Bertz CT molecular complexity index is 512. The lowest BCUT2D eigenvalue weighted by molar-refractivity contribution is 0.104. The van der Waals surface area contributed by atoms with Crippen LogP contribution in [-0.4, -0.2) is 22.9 Å². The smallest absolute Gasteiger partial charge is 0.129 e. The fraction of sp³-hybridized carbons (Fsp3) is 0.562. The van der Waals surface area contributed by atoms with Gasteiger partial charge in [-0.1, -0.05) is 0 Å². The molecule has 0 amide bonds. The summed E-state index contributed by atoms with van der Waals surface area (Å²) in [5.74, 6) is 0.873. The molecule has 5 nitrogen and oxygen atoms in total. The number of furan rings is 1. The number of nitrogens with zero attached hydrogens (tertiary/aromatic N) is 2. The summed E-state index contributed by atoms with van der Waals surface area (Å²) in [6, 6.07) is 3.79. The minimum atomic E-state index is 0.0396. The second kappa shape index (κ2) is 7.43. The van der Waals surface area contributed by atoms with Crippen molar-refractivity contribution < 1.29 is 9.15 Å². The van der Waals surface area contributed by atoms with Crippen molar-refractivity contribution in [1.82, 2.24) is 15.1 Å². The second-order valence-corrected chi connectivity index (χ2v) is 6.13. The van der Waals surface area contributed by atoms with E-state index in [0.29, 0.717) is 6.61 Å². The summed E-state index contributed by atoms with van der Waals surface area (Å²) in [5, 5.41) is 7.79. The third-order valence-corrected chi connectivity index (χ3v) is 3.12. The van der Waals surface area contributed by atoms with Crippen molar-refractivity contribution in [2.75, 3.05) is 13.2 Å². The van der Waals surface area contributed by atoms with Gasteiger partial charge >= 0.3 is 0 Å². The van der Waals surface area contributed by atoms with Crippen LogP contribution in [0.4, 0.5) is 0 Å². The number of ether oxygens (including phenoxy) is 1. The highest BCUT2D eigenvalue weighted by Crippen LogP contribution is 2.12. The number of aromatic nitrogens is 2. The summed E-state index contributed by atoms with van der Waals surface area (Å²) < 4.78 is 12.7. The number of rotatable bonds is 8. The standard InChI is InChI=1S/C16H25N3O2/c1-16(2,3)19-12-14(11-18-19)10-17-7-5-8-20-13-15-6-4-9-21-15/h4,6,9,11-12,17H,5,7-8,10,13H2,1-3H3. The molecule has 21 heavy (non-hydrogen) atoms. The molecule has 0 radical (unpaired) electrons. The summed E-state index contributed by atoms with van der Waals surface area (Å²) in [6.45, 7) is 9.49. The minimum Gasteiger partial charge on any atom is -0.467 e. The largest absolute Gasteiger partial charge is 0.467 e. The van der Waals surface area contributed by atoms with Crippen LogP contribution in [0.15, 0.2) is 35.2 Å². The van der Waals surface area contributed by atoms with Gasteiger partial charge in [0.25, 0.3) is 0 Å². The Balaban J connectivity index is 1.54. The van der Waals surface area contributed by atoms with Gasteiger partial charge in [0.1, 0.15) is 12.4 Å². The molecule has 0 aromatic carbocycles. The molecule has 0 atom stereocenters. The Morgan fingerprint density at radius 3 is 2.90 bits per heavy atom. The summed E-state index contributed by atoms with van der Waals surface area (Å²) in [4.78, 5) is 0. The maximum atomic E-state index is 5.53. The molecule has 0 unspecified atom stereocenters. The molecule has 2 rings (SSSR count). The highest BCUT2D eigenvalue weighted by Gasteiger charge is 2.13. The van der Waals surface area contributed by atoms with Crippen LogP contribution in [0.5, 0.6) is 0 Å². The molecule has 0 saturated heterocycles. The predicted molar refractivity (Wildman–Crippen MR) is 81.9 cm³/mol. The first-order valence-corrected chi connectivity index (χ1v) is 7.40. The van der Waals surface area contributed by atoms with Gasteiger partial charge in [-0.3, -0.25) is 4.68 Å². The van der Waals surface area contributed by atoms with E-state index < -0.39 is 0 Å². The third kappa shape index (κ3) is 5.36. The zero-order chi connectivity index (χ0) is 15.1. The molecule has 0 fully saturated rings. The Labute approximate surface area is 126 Å². The molecule has 0 saturated carbocycles. The van der Waals surface area contributed by atoms with Crippen molar-refractivity contribution >= 4 is 0 Å². The normalized spacial score (nSPS) is 12.0. The van der Waals surface area contributed by atoms with Crippen LogP contribution in [0.3, 0.4) is 0 Å². The topological polar surface area (TPSA) is 52.2 Å². The van der Waals surface area contributed by atoms with Crippen molar-refractivity contribution in [2.24, 2.45) is 0 Å². The average Bonchev–Trinajstić information content (AvgIpc) is 3.07. The molecule has 2 aromatic heterocycles. The maximum absolute atomic E-state index is 5.53. The zero-order valence-corrected chi connectivity index (χ0v) is 13.1. The van der Waals surface area contributed by atoms with Crippen LogP contribution >= 0.6 is 0 Å². The van der Waals surface area contributed by atoms with Gasteiger partial charge in [-0.2, -0.15) is 5.10 Å². The van der Waals surface area contributed by atoms with Gasteiger partial charge in [0.05, 0.1) is 18.0 Å². The summed E-state index contributed by atoms with van der Waals surface area (Å²) >= 11 is 0. The Morgan fingerprint density at radius 2 is 2.24 bits per heavy atom. The van der Waals surface area contributed by atoms with Gasteiger partial charge in [-0.25, -0.2) is 0 Å². The maximum Gasteiger partial charge on any atom is 0.129 e. The van der Waals surface area contributed by atoms with Crippen LogP contribution < -0.4 is 5.32 Å². The van der Waals surface area contributed by atoms with Gasteiger partial charge < -0.3 is 14.5 Å². The van der Waals surface area contributed by atoms with E-state index in [0.717, 1.165) is 31.9 Å². The van der Waals surface area contributed by atoms with E-state index in [-0.39, 0.29) is 5.54 Å². The second-order valence-electron chi connectivity index (χ2n) is 6.13. The first-order chi connectivity index (χ1) is 10.1. The highest BCUT2D eigenvalue weighted by molar-refractivity contribution is 5.04. The van der Waals surface area contributed by atoms with Crippen molar-refractivity contribution in [3.63, 3.8) is 0 Å². The Morgan fingerprint density at radius 1 is 1.38 bits per heavy atom. The van der Waals surface area contributed by atoms with Crippen LogP contribution in [0.25, 0.3) is 0 Å². The van der Waals surface area contributed by atoms with E-state index in [1.54, 1.807) is 6.26 Å². The van der Waals surface area contributed by atoms with E-state index in [1.165, 1.54) is 5.56 Å². The Kier molecular flexibility index (Phi) is 5.59. The van der Waals surface area contributed by atoms with Crippen molar-refractivity contribution in [3.8, 4) is 0 Å². The number of hydrogen-bond donors (Lipinski definition) is 1. The highest BCUT2D eigenvalue weighted by atomic mass is 16.5. The lowest BCUT2D eigenvalue weighted by Crippen LogP contribution is -2.22. The molecule has 0 aliphatic carbocycles. The van der Waals surface area contributed by atoms with Gasteiger partial charge in [0.15, 0.2) is 0 Å². The molecule has 2 aromatic rings. The van der Waals surface area contributed by atoms with Gasteiger partial charge in [-0.05, 0) is 45.9 Å². The molecule has 0 aliphatic heterocycles. The molecule has 116 valence electrons. The summed E-state index contributed by atoms with van der Waals surface area (Å²) in [5.41, 5.74) is 1.25. The monoisotopic (exact) mass is 291 g/mol. The van der Waals surface area contributed by atoms with E-state index in [4.69, 9.17) is 9.15 Å². The predicted octanol–water partition coefficient (Wildman–Crippen LogP) is 2.93. The van der Waals surface area contributed by atoms with Crippen molar-refractivity contribution in [3.05, 3.63) is 42.1 Å². The molecule has 0 bridgehead atoms. The summed E-state index contributed by atoms with van der Waals surface area (Å²) in [6.07, 6.45) is 6.66. The third-order valence-electron chi connectivity index (χ3n) is 3.12. The van der Waals surface area contributed by atoms with Crippen LogP contribution in [-0.2, 0) is 23.4 Å². The first kappa shape index (κ1) is 15.8. The minimum absolute atomic E-state index is 0.0396. The van der Waals surface area contributed by atoms with E-state index in [9.17, 15) is 0 Å². The molecule has 0 spiro atoms. The fourth-order valence-corrected chi connectivity index (χ4v) is 1.92. The van der Waals surface area contributed by atoms with Crippen LogP contribution in [0, 0.1) is 0 Å². The Hall–Kier alpha value is -1.59. The van der Waals surface area contributed by atoms with E-state index in [1.807, 2.05) is 23.0 Å². The molecule has 2 heterocycles. The fourth-order valence-electron chi connectivity index (χ4n) is 1.92. The average molecular weight is 291 g/mol. The lowest BCUT2D eigenvalue weighted by atomic mass is 10.1. The molecule has 1 N–H and O–H groups in total. The first-order valence-electron chi connectivity index (χ1n) is 7.40. The molecular weight excluding hydrogens is 266 g/mol. The molecular formula is C16H25N3O2. The van der Waals surface area contributed by atoms with Crippen molar-refractivity contribution in [1.29, 1.82) is 0 Å². The van der Waals surface area contributed by atoms with Gasteiger partial charge in [0.2, 0.25) is 0 Å². The van der Waals surface area contributed by atoms with Crippen LogP contribution in [0.2, 0.25) is 0 Å². The van der Waals surface area contributed by atoms with E-state index in [2.05, 4.69) is 37.4 Å². The zero-order valence-electron chi connectivity index (χ0n) is 13.1. The number of hydrogen-bond acceptors (Lipinski definition) is 4. The molecule has 0 aliphatic rings.